The fourth-order valence-electron chi connectivity index (χ4n) is 2.29. The first-order valence-electron chi connectivity index (χ1n) is 7.10. The van der Waals surface area contributed by atoms with Crippen LogP contribution in [0.2, 0.25) is 5.02 Å². The molecule has 2 N–H and O–H groups in total. The van der Waals surface area contributed by atoms with Crippen molar-refractivity contribution in [1.82, 2.24) is 10.2 Å². The van der Waals surface area contributed by atoms with Crippen LogP contribution in [-0.2, 0) is 4.74 Å². The number of nitrogens with one attached hydrogen (secondary N) is 2. The lowest BCUT2D eigenvalue weighted by Crippen LogP contribution is -2.55. The Morgan fingerprint density at radius 1 is 1.29 bits per heavy atom. The van der Waals surface area contributed by atoms with Gasteiger partial charge in [0.2, 0.25) is 0 Å². The second-order valence-corrected chi connectivity index (χ2v) is 6.57. The van der Waals surface area contributed by atoms with E-state index in [1.54, 1.807) is 0 Å². The molecule has 0 atom stereocenters. The first-order chi connectivity index (χ1) is 9.97. The SMILES string of the molecule is CC(C)(CNC(=S)Nc1ccc(Cl)cc1)N1CCOCC1. The number of hydrogen-bond donors (Lipinski definition) is 2. The minimum atomic E-state index is 0.0372. The van der Waals surface area contributed by atoms with Crippen molar-refractivity contribution in [1.29, 1.82) is 0 Å². The van der Waals surface area contributed by atoms with E-state index in [0.29, 0.717) is 10.1 Å². The van der Waals surface area contributed by atoms with E-state index >= 15 is 0 Å². The molecule has 116 valence electrons. The normalized spacial score (nSPS) is 16.5. The van der Waals surface area contributed by atoms with Crippen LogP contribution in [0.1, 0.15) is 13.8 Å². The van der Waals surface area contributed by atoms with Crippen LogP contribution in [0.15, 0.2) is 24.3 Å². The maximum absolute atomic E-state index is 5.86. The summed E-state index contributed by atoms with van der Waals surface area (Å²) in [5.74, 6) is 0. The maximum atomic E-state index is 5.86. The van der Waals surface area contributed by atoms with E-state index in [2.05, 4.69) is 29.4 Å². The lowest BCUT2D eigenvalue weighted by atomic mass is 10.0. The number of thiocarbonyl (C=S) groups is 1. The number of nitrogens with zero attached hydrogens (tertiary/aromatic N) is 1. The van der Waals surface area contributed by atoms with Gasteiger partial charge in [-0.15, -0.1) is 0 Å². The largest absolute Gasteiger partial charge is 0.379 e. The second kappa shape index (κ2) is 7.40. The van der Waals surface area contributed by atoms with E-state index in [-0.39, 0.29) is 5.54 Å². The van der Waals surface area contributed by atoms with Gasteiger partial charge in [-0.25, -0.2) is 0 Å². The molecule has 1 aliphatic heterocycles. The molecule has 21 heavy (non-hydrogen) atoms. The Morgan fingerprint density at radius 2 is 1.90 bits per heavy atom. The highest BCUT2D eigenvalue weighted by molar-refractivity contribution is 7.80. The summed E-state index contributed by atoms with van der Waals surface area (Å²) >= 11 is 11.2. The van der Waals surface area contributed by atoms with Crippen LogP contribution in [0.5, 0.6) is 0 Å². The molecule has 4 nitrogen and oxygen atoms in total. The molecule has 0 bridgehead atoms. The van der Waals surface area contributed by atoms with Gasteiger partial charge in [0.25, 0.3) is 0 Å². The first kappa shape index (κ1) is 16.5. The molecule has 0 radical (unpaired) electrons. The monoisotopic (exact) mass is 327 g/mol. The Hall–Kier alpha value is -0.880. The Bertz CT molecular complexity index is 472. The Morgan fingerprint density at radius 3 is 2.52 bits per heavy atom. The lowest BCUT2D eigenvalue weighted by molar-refractivity contribution is -0.00823. The average molecular weight is 328 g/mol. The van der Waals surface area contributed by atoms with Crippen LogP contribution in [0.4, 0.5) is 5.69 Å². The van der Waals surface area contributed by atoms with Crippen molar-refractivity contribution in [3.63, 3.8) is 0 Å². The molecule has 1 aromatic carbocycles. The third kappa shape index (κ3) is 5.11. The van der Waals surface area contributed by atoms with E-state index < -0.39 is 0 Å². The van der Waals surface area contributed by atoms with Gasteiger partial charge in [-0.2, -0.15) is 0 Å². The number of ether oxygens (including phenoxy) is 1. The molecule has 1 fully saturated rings. The van der Waals surface area contributed by atoms with E-state index in [4.69, 9.17) is 28.6 Å². The highest BCUT2D eigenvalue weighted by Crippen LogP contribution is 2.16. The number of hydrogen-bond acceptors (Lipinski definition) is 3. The molecule has 0 aliphatic carbocycles. The molecule has 1 heterocycles. The molecule has 1 aliphatic rings. The summed E-state index contributed by atoms with van der Waals surface area (Å²) in [4.78, 5) is 2.43. The van der Waals surface area contributed by atoms with Crippen molar-refractivity contribution in [2.24, 2.45) is 0 Å². The summed E-state index contributed by atoms with van der Waals surface area (Å²) in [6, 6.07) is 7.49. The maximum Gasteiger partial charge on any atom is 0.170 e. The summed E-state index contributed by atoms with van der Waals surface area (Å²) in [6.45, 7) is 8.75. The van der Waals surface area contributed by atoms with E-state index in [1.807, 2.05) is 24.3 Å². The third-order valence-corrected chi connectivity index (χ3v) is 4.15. The van der Waals surface area contributed by atoms with Gasteiger partial charge >= 0.3 is 0 Å². The molecule has 1 saturated heterocycles. The van der Waals surface area contributed by atoms with E-state index in [1.165, 1.54) is 0 Å². The minimum absolute atomic E-state index is 0.0372. The summed E-state index contributed by atoms with van der Waals surface area (Å²) in [5.41, 5.74) is 0.969. The standard InChI is InChI=1S/C15H22ClN3OS/c1-15(2,19-7-9-20-10-8-19)11-17-14(21)18-13-5-3-12(16)4-6-13/h3-6H,7-11H2,1-2H3,(H2,17,18,21). The summed E-state index contributed by atoms with van der Waals surface area (Å²) in [7, 11) is 0. The summed E-state index contributed by atoms with van der Waals surface area (Å²) < 4.78 is 5.40. The van der Waals surface area contributed by atoms with Gasteiger partial charge in [0.1, 0.15) is 0 Å². The number of morpholine rings is 1. The predicted molar refractivity (Wildman–Crippen MR) is 92.1 cm³/mol. The smallest absolute Gasteiger partial charge is 0.170 e. The lowest BCUT2D eigenvalue weighted by Gasteiger charge is -2.41. The average Bonchev–Trinajstić information content (AvgIpc) is 2.49. The molecule has 0 aromatic heterocycles. The number of benzene rings is 1. The molecule has 0 amide bonds. The quantitative estimate of drug-likeness (QED) is 0.832. The molecule has 6 heteroatoms. The fourth-order valence-corrected chi connectivity index (χ4v) is 2.60. The highest BCUT2D eigenvalue weighted by Gasteiger charge is 2.28. The number of rotatable bonds is 4. The van der Waals surface area contributed by atoms with Crippen LogP contribution in [0, 0.1) is 0 Å². The highest BCUT2D eigenvalue weighted by atomic mass is 35.5. The minimum Gasteiger partial charge on any atom is -0.379 e. The molecular formula is C15H22ClN3OS. The molecular weight excluding hydrogens is 306 g/mol. The van der Waals surface area contributed by atoms with Gasteiger partial charge in [0.15, 0.2) is 5.11 Å². The molecule has 0 unspecified atom stereocenters. The van der Waals surface area contributed by atoms with Crippen LogP contribution in [0.25, 0.3) is 0 Å². The zero-order chi connectivity index (χ0) is 15.3. The van der Waals surface area contributed by atoms with Crippen molar-refractivity contribution in [3.8, 4) is 0 Å². The summed E-state index contributed by atoms with van der Waals surface area (Å²) in [6.07, 6.45) is 0. The Balaban J connectivity index is 1.81. The van der Waals surface area contributed by atoms with Crippen LogP contribution < -0.4 is 10.6 Å². The predicted octanol–water partition coefficient (Wildman–Crippen LogP) is 2.74. The van der Waals surface area contributed by atoms with Crippen LogP contribution in [0.3, 0.4) is 0 Å². The van der Waals surface area contributed by atoms with E-state index in [9.17, 15) is 0 Å². The van der Waals surface area contributed by atoms with Gasteiger partial charge in [-0.05, 0) is 50.3 Å². The second-order valence-electron chi connectivity index (χ2n) is 5.73. The van der Waals surface area contributed by atoms with Crippen molar-refractivity contribution >= 4 is 34.6 Å². The molecule has 0 saturated carbocycles. The van der Waals surface area contributed by atoms with Crippen molar-refractivity contribution in [2.75, 3.05) is 38.2 Å². The van der Waals surface area contributed by atoms with Gasteiger partial charge in [0, 0.05) is 35.9 Å². The zero-order valence-electron chi connectivity index (χ0n) is 12.5. The van der Waals surface area contributed by atoms with Crippen molar-refractivity contribution in [2.45, 2.75) is 19.4 Å². The van der Waals surface area contributed by atoms with E-state index in [0.717, 1.165) is 38.5 Å². The Kier molecular flexibility index (Phi) is 5.81. The molecule has 1 aromatic rings. The van der Waals surface area contributed by atoms with Gasteiger partial charge in [-0.1, -0.05) is 11.6 Å². The fraction of sp³-hybridized carbons (Fsp3) is 0.533. The Labute approximate surface area is 136 Å². The van der Waals surface area contributed by atoms with Crippen LogP contribution in [-0.4, -0.2) is 48.4 Å². The van der Waals surface area contributed by atoms with Crippen molar-refractivity contribution in [3.05, 3.63) is 29.3 Å². The van der Waals surface area contributed by atoms with Gasteiger partial charge in [0.05, 0.1) is 13.2 Å². The van der Waals surface area contributed by atoms with Gasteiger partial charge < -0.3 is 15.4 Å². The molecule has 0 spiro atoms. The van der Waals surface area contributed by atoms with Gasteiger partial charge in [-0.3, -0.25) is 4.90 Å². The zero-order valence-corrected chi connectivity index (χ0v) is 14.1. The topological polar surface area (TPSA) is 36.5 Å². The number of anilines is 1. The third-order valence-electron chi connectivity index (χ3n) is 3.65. The van der Waals surface area contributed by atoms with Crippen LogP contribution >= 0.6 is 23.8 Å². The number of halogens is 1. The van der Waals surface area contributed by atoms with Crippen molar-refractivity contribution < 1.29 is 4.74 Å². The first-order valence-corrected chi connectivity index (χ1v) is 7.89. The molecule has 2 rings (SSSR count). The summed E-state index contributed by atoms with van der Waals surface area (Å²) in [5, 5.41) is 7.79.